The fraction of sp³-hybridized carbons (Fsp3) is 0.240. The number of hydroxylamine groups is 2. The molecule has 7 heteroatoms. The van der Waals surface area contributed by atoms with Crippen molar-refractivity contribution in [1.29, 1.82) is 0 Å². The second kappa shape index (κ2) is 7.17. The maximum Gasteiger partial charge on any atom is 0.330 e. The summed E-state index contributed by atoms with van der Waals surface area (Å²) in [6, 6.07) is 17.6. The molecule has 1 aliphatic heterocycles. The first-order chi connectivity index (χ1) is 15.3. The minimum absolute atomic E-state index is 0.264. The van der Waals surface area contributed by atoms with E-state index < -0.39 is 23.0 Å². The number of aryl methyl sites for hydroxylation is 1. The highest BCUT2D eigenvalue weighted by molar-refractivity contribution is 6.18. The van der Waals surface area contributed by atoms with E-state index in [4.69, 9.17) is 4.84 Å². The smallest absolute Gasteiger partial charge is 0.274 e. The Bertz CT molecular complexity index is 1440. The van der Waals surface area contributed by atoms with Crippen LogP contribution in [0.3, 0.4) is 0 Å². The average Bonchev–Trinajstić information content (AvgIpc) is 3.09. The molecular weight excluding hydrogens is 406 g/mol. The summed E-state index contributed by atoms with van der Waals surface area (Å²) in [5.41, 5.74) is -0.707. The number of hydrogen-bond acceptors (Lipinski definition) is 4. The van der Waals surface area contributed by atoms with Crippen molar-refractivity contribution in [1.82, 2.24) is 14.6 Å². The van der Waals surface area contributed by atoms with Crippen molar-refractivity contribution in [2.75, 3.05) is 0 Å². The fourth-order valence-corrected chi connectivity index (χ4v) is 4.43. The summed E-state index contributed by atoms with van der Waals surface area (Å²) in [6.45, 7) is 5.43. The molecule has 0 spiro atoms. The predicted octanol–water partition coefficient (Wildman–Crippen LogP) is 3.91. The molecule has 1 saturated heterocycles. The summed E-state index contributed by atoms with van der Waals surface area (Å²) in [6.07, 6.45) is 1.16. The molecule has 0 radical (unpaired) electrons. The Balaban J connectivity index is 1.63. The van der Waals surface area contributed by atoms with Gasteiger partial charge in [-0.25, -0.2) is 14.7 Å². The second-order valence-electron chi connectivity index (χ2n) is 8.85. The van der Waals surface area contributed by atoms with Gasteiger partial charge in [-0.2, -0.15) is 0 Å². The molecule has 0 saturated carbocycles. The summed E-state index contributed by atoms with van der Waals surface area (Å²) in [4.78, 5) is 46.5. The van der Waals surface area contributed by atoms with E-state index in [1.807, 2.05) is 62.4 Å². The molecule has 1 unspecified atom stereocenters. The maximum absolute atomic E-state index is 13.9. The maximum atomic E-state index is 13.9. The molecule has 1 fully saturated rings. The van der Waals surface area contributed by atoms with Crippen LogP contribution in [0.4, 0.5) is 0 Å². The van der Waals surface area contributed by atoms with Gasteiger partial charge in [-0.05, 0) is 48.4 Å². The number of amides is 1. The third-order valence-electron chi connectivity index (χ3n) is 6.08. The number of aromatic nitrogens is 2. The summed E-state index contributed by atoms with van der Waals surface area (Å²) in [5, 5.41) is 5.00. The number of nitrogens with one attached hydrogen (secondary N) is 1. The van der Waals surface area contributed by atoms with Crippen molar-refractivity contribution < 1.29 is 9.63 Å². The molecule has 32 heavy (non-hydrogen) atoms. The lowest BCUT2D eigenvalue weighted by atomic mass is 9.94. The SMILES string of the molecule is Cc1cn(C2CC(C)(C)N(C(=O)c3c4ccccc4cc4ccccc34)O2)c(=O)[nH]c1=O. The number of benzene rings is 3. The van der Waals surface area contributed by atoms with Crippen molar-refractivity contribution in [2.45, 2.75) is 39.0 Å². The summed E-state index contributed by atoms with van der Waals surface area (Å²) in [7, 11) is 0. The van der Waals surface area contributed by atoms with Crippen molar-refractivity contribution in [3.63, 3.8) is 0 Å². The van der Waals surface area contributed by atoms with Gasteiger partial charge in [0.25, 0.3) is 11.5 Å². The van der Waals surface area contributed by atoms with Crippen LogP contribution in [0.5, 0.6) is 0 Å². The van der Waals surface area contributed by atoms with Gasteiger partial charge in [-0.3, -0.25) is 19.1 Å². The van der Waals surface area contributed by atoms with Crippen molar-refractivity contribution in [3.05, 3.63) is 92.8 Å². The van der Waals surface area contributed by atoms with E-state index in [9.17, 15) is 14.4 Å². The number of rotatable bonds is 2. The van der Waals surface area contributed by atoms with Crippen LogP contribution in [-0.4, -0.2) is 26.1 Å². The van der Waals surface area contributed by atoms with Gasteiger partial charge in [0, 0.05) is 18.2 Å². The molecule has 0 aliphatic carbocycles. The predicted molar refractivity (Wildman–Crippen MR) is 123 cm³/mol. The van der Waals surface area contributed by atoms with Crippen molar-refractivity contribution in [2.24, 2.45) is 0 Å². The zero-order valence-corrected chi connectivity index (χ0v) is 18.1. The van der Waals surface area contributed by atoms with Gasteiger partial charge in [-0.15, -0.1) is 0 Å². The molecular formula is C25H23N3O4. The molecule has 3 aromatic carbocycles. The highest BCUT2D eigenvalue weighted by atomic mass is 16.7. The van der Waals surface area contributed by atoms with Crippen LogP contribution in [0, 0.1) is 6.92 Å². The lowest BCUT2D eigenvalue weighted by molar-refractivity contribution is -0.163. The zero-order chi connectivity index (χ0) is 22.6. The minimum atomic E-state index is -0.710. The van der Waals surface area contributed by atoms with Gasteiger partial charge in [0.05, 0.1) is 11.1 Å². The Morgan fingerprint density at radius 2 is 1.62 bits per heavy atom. The molecule has 1 atom stereocenters. The molecule has 0 bridgehead atoms. The number of fused-ring (bicyclic) bond motifs is 2. The first kappa shape index (κ1) is 20.2. The van der Waals surface area contributed by atoms with Crippen molar-refractivity contribution in [3.8, 4) is 0 Å². The number of aromatic amines is 1. The quantitative estimate of drug-likeness (QED) is 0.490. The third kappa shape index (κ3) is 3.13. The molecule has 7 nitrogen and oxygen atoms in total. The van der Waals surface area contributed by atoms with Gasteiger partial charge in [0.15, 0.2) is 6.23 Å². The molecule has 162 valence electrons. The summed E-state index contributed by atoms with van der Waals surface area (Å²) < 4.78 is 1.34. The number of hydrogen-bond donors (Lipinski definition) is 1. The fourth-order valence-electron chi connectivity index (χ4n) is 4.43. The van der Waals surface area contributed by atoms with E-state index in [0.29, 0.717) is 17.5 Å². The van der Waals surface area contributed by atoms with E-state index in [2.05, 4.69) is 11.1 Å². The van der Waals surface area contributed by atoms with Crippen LogP contribution in [0.1, 0.15) is 42.4 Å². The monoisotopic (exact) mass is 429 g/mol. The largest absolute Gasteiger partial charge is 0.330 e. The van der Waals surface area contributed by atoms with Crippen LogP contribution >= 0.6 is 0 Å². The third-order valence-corrected chi connectivity index (χ3v) is 6.08. The van der Waals surface area contributed by atoms with Crippen LogP contribution in [0.2, 0.25) is 0 Å². The first-order valence-corrected chi connectivity index (χ1v) is 10.5. The Morgan fingerprint density at radius 1 is 1.03 bits per heavy atom. The van der Waals surface area contributed by atoms with Gasteiger partial charge >= 0.3 is 5.69 Å². The summed E-state index contributed by atoms with van der Waals surface area (Å²) in [5.74, 6) is -0.264. The van der Waals surface area contributed by atoms with E-state index >= 15 is 0 Å². The highest BCUT2D eigenvalue weighted by Gasteiger charge is 2.45. The Hall–Kier alpha value is -3.71. The first-order valence-electron chi connectivity index (χ1n) is 10.5. The van der Waals surface area contributed by atoms with Gasteiger partial charge in [0.2, 0.25) is 0 Å². The van der Waals surface area contributed by atoms with E-state index in [1.54, 1.807) is 6.92 Å². The molecule has 1 aromatic heterocycles. The minimum Gasteiger partial charge on any atom is -0.274 e. The zero-order valence-electron chi connectivity index (χ0n) is 18.1. The standard InChI is InChI=1S/C25H23N3O4/c1-15-14-27(24(31)26-22(15)29)20-13-25(2,3)28(32-20)23(30)21-18-10-6-4-8-16(18)12-17-9-5-7-11-19(17)21/h4-12,14,20H,13H2,1-3H3,(H,26,29,31). The van der Waals surface area contributed by atoms with Gasteiger partial charge in [-0.1, -0.05) is 48.5 Å². The van der Waals surface area contributed by atoms with E-state index in [-0.39, 0.29) is 5.91 Å². The highest BCUT2D eigenvalue weighted by Crippen LogP contribution is 2.39. The molecule has 2 heterocycles. The van der Waals surface area contributed by atoms with Crippen LogP contribution in [-0.2, 0) is 4.84 Å². The van der Waals surface area contributed by atoms with Crippen LogP contribution in [0.15, 0.2) is 70.4 Å². The molecule has 1 aliphatic rings. The molecule has 5 rings (SSSR count). The summed E-state index contributed by atoms with van der Waals surface area (Å²) >= 11 is 0. The van der Waals surface area contributed by atoms with Crippen LogP contribution < -0.4 is 11.2 Å². The van der Waals surface area contributed by atoms with E-state index in [1.165, 1.54) is 15.8 Å². The Kier molecular flexibility index (Phi) is 4.53. The van der Waals surface area contributed by atoms with Gasteiger partial charge in [0.1, 0.15) is 0 Å². The molecule has 1 amide bonds. The normalized spacial score (nSPS) is 17.8. The Morgan fingerprint density at radius 3 is 2.25 bits per heavy atom. The lowest BCUT2D eigenvalue weighted by Crippen LogP contribution is -2.42. The molecule has 4 aromatic rings. The van der Waals surface area contributed by atoms with Gasteiger partial charge < -0.3 is 0 Å². The number of nitrogens with zero attached hydrogens (tertiary/aromatic N) is 2. The second-order valence-corrected chi connectivity index (χ2v) is 8.85. The Labute approximate surface area is 183 Å². The lowest BCUT2D eigenvalue weighted by Gasteiger charge is -2.29. The molecule has 1 N–H and O–H groups in total. The number of carbonyl (C=O) groups is 1. The van der Waals surface area contributed by atoms with E-state index in [0.717, 1.165) is 21.5 Å². The average molecular weight is 429 g/mol. The topological polar surface area (TPSA) is 84.4 Å². The number of carbonyl (C=O) groups excluding carboxylic acids is 1. The van der Waals surface area contributed by atoms with Crippen molar-refractivity contribution >= 4 is 27.5 Å². The van der Waals surface area contributed by atoms with Crippen LogP contribution in [0.25, 0.3) is 21.5 Å². The number of H-pyrrole nitrogens is 1.